The van der Waals surface area contributed by atoms with E-state index in [1.54, 1.807) is 6.20 Å². The standard InChI is InChI=1S/C7H8ClIN2/c1-4(10)6-2-5(9)3-11-7(6)8/h2-4H,10H2,1H3. The number of rotatable bonds is 1. The summed E-state index contributed by atoms with van der Waals surface area (Å²) < 4.78 is 1.05. The van der Waals surface area contributed by atoms with Crippen LogP contribution in [0.4, 0.5) is 0 Å². The third-order valence-corrected chi connectivity index (χ3v) is 2.23. The van der Waals surface area contributed by atoms with Crippen LogP contribution in [0.2, 0.25) is 5.15 Å². The van der Waals surface area contributed by atoms with Gasteiger partial charge in [-0.25, -0.2) is 4.98 Å². The maximum Gasteiger partial charge on any atom is 0.133 e. The molecule has 0 bridgehead atoms. The lowest BCUT2D eigenvalue weighted by atomic mass is 10.2. The largest absolute Gasteiger partial charge is 0.324 e. The van der Waals surface area contributed by atoms with Crippen LogP contribution in [0.5, 0.6) is 0 Å². The smallest absolute Gasteiger partial charge is 0.133 e. The predicted octanol–water partition coefficient (Wildman–Crippen LogP) is 2.36. The third-order valence-electron chi connectivity index (χ3n) is 1.32. The summed E-state index contributed by atoms with van der Waals surface area (Å²) in [6, 6.07) is 1.89. The Morgan fingerprint density at radius 3 is 2.82 bits per heavy atom. The summed E-state index contributed by atoms with van der Waals surface area (Å²) in [7, 11) is 0. The van der Waals surface area contributed by atoms with Crippen molar-refractivity contribution in [2.75, 3.05) is 0 Å². The van der Waals surface area contributed by atoms with Gasteiger partial charge in [0.15, 0.2) is 0 Å². The topological polar surface area (TPSA) is 38.9 Å². The maximum atomic E-state index is 5.80. The van der Waals surface area contributed by atoms with Crippen LogP contribution >= 0.6 is 34.2 Å². The van der Waals surface area contributed by atoms with Gasteiger partial charge in [0, 0.05) is 21.4 Å². The summed E-state index contributed by atoms with van der Waals surface area (Å²) in [5.41, 5.74) is 6.56. The fourth-order valence-corrected chi connectivity index (χ4v) is 1.51. The number of hydrogen-bond donors (Lipinski definition) is 1. The summed E-state index contributed by atoms with van der Waals surface area (Å²) in [5.74, 6) is 0. The van der Waals surface area contributed by atoms with Crippen LogP contribution in [0.15, 0.2) is 12.3 Å². The van der Waals surface area contributed by atoms with Crippen LogP contribution in [0.1, 0.15) is 18.5 Å². The molecule has 1 atom stereocenters. The number of halogens is 2. The molecule has 0 aliphatic heterocycles. The van der Waals surface area contributed by atoms with Crippen molar-refractivity contribution in [2.45, 2.75) is 13.0 Å². The lowest BCUT2D eigenvalue weighted by Crippen LogP contribution is -2.06. The fraction of sp³-hybridized carbons (Fsp3) is 0.286. The van der Waals surface area contributed by atoms with Crippen LogP contribution < -0.4 is 5.73 Å². The summed E-state index contributed by atoms with van der Waals surface area (Å²) in [6.07, 6.45) is 1.72. The van der Waals surface area contributed by atoms with E-state index in [4.69, 9.17) is 17.3 Å². The molecule has 0 spiro atoms. The SMILES string of the molecule is CC(N)c1cc(I)cnc1Cl. The van der Waals surface area contributed by atoms with Crippen molar-refractivity contribution in [3.05, 3.63) is 26.5 Å². The van der Waals surface area contributed by atoms with E-state index in [1.165, 1.54) is 0 Å². The first kappa shape index (κ1) is 9.22. The predicted molar refractivity (Wildman–Crippen MR) is 54.6 cm³/mol. The minimum atomic E-state index is -0.0512. The second-order valence-electron chi connectivity index (χ2n) is 2.32. The second-order valence-corrected chi connectivity index (χ2v) is 3.93. The van der Waals surface area contributed by atoms with E-state index in [9.17, 15) is 0 Å². The molecular weight excluding hydrogens is 274 g/mol. The van der Waals surface area contributed by atoms with Crippen molar-refractivity contribution in [2.24, 2.45) is 5.73 Å². The van der Waals surface area contributed by atoms with Gasteiger partial charge < -0.3 is 5.73 Å². The van der Waals surface area contributed by atoms with E-state index < -0.39 is 0 Å². The molecule has 1 unspecified atom stereocenters. The molecule has 0 amide bonds. The van der Waals surface area contributed by atoms with Crippen molar-refractivity contribution in [3.8, 4) is 0 Å². The lowest BCUT2D eigenvalue weighted by Gasteiger charge is -2.06. The number of pyridine rings is 1. The van der Waals surface area contributed by atoms with Gasteiger partial charge in [0.2, 0.25) is 0 Å². The monoisotopic (exact) mass is 282 g/mol. The number of aromatic nitrogens is 1. The van der Waals surface area contributed by atoms with Gasteiger partial charge in [0.05, 0.1) is 0 Å². The fourth-order valence-electron chi connectivity index (χ4n) is 0.758. The van der Waals surface area contributed by atoms with Gasteiger partial charge in [-0.3, -0.25) is 0 Å². The summed E-state index contributed by atoms with van der Waals surface area (Å²) in [6.45, 7) is 1.89. The van der Waals surface area contributed by atoms with Crippen molar-refractivity contribution in [1.82, 2.24) is 4.98 Å². The Balaban J connectivity index is 3.13. The van der Waals surface area contributed by atoms with E-state index in [-0.39, 0.29) is 6.04 Å². The minimum Gasteiger partial charge on any atom is -0.324 e. The molecule has 2 N–H and O–H groups in total. The molecule has 0 aliphatic carbocycles. The van der Waals surface area contributed by atoms with Gasteiger partial charge in [-0.1, -0.05) is 11.6 Å². The van der Waals surface area contributed by atoms with Crippen molar-refractivity contribution < 1.29 is 0 Å². The zero-order chi connectivity index (χ0) is 8.43. The number of nitrogens with zero attached hydrogens (tertiary/aromatic N) is 1. The van der Waals surface area contributed by atoms with Crippen molar-refractivity contribution in [1.29, 1.82) is 0 Å². The van der Waals surface area contributed by atoms with Gasteiger partial charge in [0.25, 0.3) is 0 Å². The molecule has 1 rings (SSSR count). The molecule has 0 saturated heterocycles. The molecule has 11 heavy (non-hydrogen) atoms. The lowest BCUT2D eigenvalue weighted by molar-refractivity contribution is 0.811. The number of nitrogens with two attached hydrogens (primary N) is 1. The molecule has 2 nitrogen and oxygen atoms in total. The molecule has 0 fully saturated rings. The Morgan fingerprint density at radius 1 is 1.73 bits per heavy atom. The first-order valence-electron chi connectivity index (χ1n) is 3.18. The summed E-state index contributed by atoms with van der Waals surface area (Å²) in [4.78, 5) is 3.98. The average molecular weight is 283 g/mol. The zero-order valence-electron chi connectivity index (χ0n) is 6.01. The summed E-state index contributed by atoms with van der Waals surface area (Å²) in [5, 5.41) is 0.500. The van der Waals surface area contributed by atoms with E-state index >= 15 is 0 Å². The van der Waals surface area contributed by atoms with E-state index in [0.717, 1.165) is 9.13 Å². The van der Waals surface area contributed by atoms with Gasteiger partial charge in [-0.15, -0.1) is 0 Å². The molecule has 0 saturated carbocycles. The quantitative estimate of drug-likeness (QED) is 0.634. The van der Waals surface area contributed by atoms with Gasteiger partial charge in [0.1, 0.15) is 5.15 Å². The first-order chi connectivity index (χ1) is 5.11. The molecule has 4 heteroatoms. The molecule has 1 aromatic heterocycles. The van der Waals surface area contributed by atoms with Crippen LogP contribution in [0.3, 0.4) is 0 Å². The second kappa shape index (κ2) is 3.69. The maximum absolute atomic E-state index is 5.80. The molecule has 0 aromatic carbocycles. The Morgan fingerprint density at radius 2 is 2.36 bits per heavy atom. The van der Waals surface area contributed by atoms with Crippen molar-refractivity contribution >= 4 is 34.2 Å². The highest BCUT2D eigenvalue weighted by Crippen LogP contribution is 2.20. The molecule has 60 valence electrons. The van der Waals surface area contributed by atoms with Crippen LogP contribution in [-0.2, 0) is 0 Å². The van der Waals surface area contributed by atoms with Crippen LogP contribution in [-0.4, -0.2) is 4.98 Å². The van der Waals surface area contributed by atoms with E-state index in [2.05, 4.69) is 27.6 Å². The molecule has 0 radical (unpaired) electrons. The minimum absolute atomic E-state index is 0.0512. The van der Waals surface area contributed by atoms with E-state index in [1.807, 2.05) is 13.0 Å². The average Bonchev–Trinajstić information content (AvgIpc) is 1.94. The van der Waals surface area contributed by atoms with Gasteiger partial charge in [-0.2, -0.15) is 0 Å². The highest BCUT2D eigenvalue weighted by molar-refractivity contribution is 14.1. The first-order valence-corrected chi connectivity index (χ1v) is 4.63. The summed E-state index contributed by atoms with van der Waals surface area (Å²) >= 11 is 7.98. The van der Waals surface area contributed by atoms with Gasteiger partial charge >= 0.3 is 0 Å². The van der Waals surface area contributed by atoms with E-state index in [0.29, 0.717) is 5.15 Å². The van der Waals surface area contributed by atoms with Crippen molar-refractivity contribution in [3.63, 3.8) is 0 Å². The highest BCUT2D eigenvalue weighted by Gasteiger charge is 2.05. The molecule has 1 heterocycles. The normalized spacial score (nSPS) is 13.1. The zero-order valence-corrected chi connectivity index (χ0v) is 8.93. The Labute approximate surface area is 84.3 Å². The molecular formula is C7H8ClIN2. The molecule has 1 aromatic rings. The van der Waals surface area contributed by atoms with Crippen LogP contribution in [0, 0.1) is 3.57 Å². The Hall–Kier alpha value is 0.130. The third kappa shape index (κ3) is 2.28. The van der Waals surface area contributed by atoms with Gasteiger partial charge in [-0.05, 0) is 35.6 Å². The highest BCUT2D eigenvalue weighted by atomic mass is 127. The number of hydrogen-bond acceptors (Lipinski definition) is 2. The van der Waals surface area contributed by atoms with Crippen LogP contribution in [0.25, 0.3) is 0 Å². The molecule has 0 aliphatic rings. The Kier molecular flexibility index (Phi) is 3.09. The Bertz CT molecular complexity index is 263.